The summed E-state index contributed by atoms with van der Waals surface area (Å²) >= 11 is 3.43. The van der Waals surface area contributed by atoms with E-state index in [0.717, 1.165) is 15.2 Å². The Bertz CT molecular complexity index is 982. The molecule has 1 aromatic heterocycles. The molecule has 0 aliphatic rings. The monoisotopic (exact) mass is 386 g/mol. The quantitative estimate of drug-likeness (QED) is 0.473. The lowest BCUT2D eigenvalue weighted by molar-refractivity contribution is 0.475. The highest BCUT2D eigenvalue weighted by Gasteiger charge is 2.05. The van der Waals surface area contributed by atoms with Gasteiger partial charge in [0, 0.05) is 21.8 Å². The SMILES string of the molecule is CCc1cc(=O)[nH]c(N/N=C\c2c(O)ccc3cc(Br)ccc23)n1. The standard InChI is InChI=1S/C17H15BrN4O2/c1-2-12-8-16(24)21-17(20-12)22-19-9-14-13-5-4-11(18)7-10(13)3-6-15(14)23/h3-9,23H,2H2,1H3,(H2,20,21,22,24)/b19-9-. The molecule has 0 fully saturated rings. The number of hydrazone groups is 1. The molecule has 24 heavy (non-hydrogen) atoms. The molecule has 1 heterocycles. The second-order valence-corrected chi connectivity index (χ2v) is 6.09. The minimum atomic E-state index is -0.239. The highest BCUT2D eigenvalue weighted by Crippen LogP contribution is 2.28. The van der Waals surface area contributed by atoms with Gasteiger partial charge in [0.05, 0.1) is 6.21 Å². The van der Waals surface area contributed by atoms with Gasteiger partial charge >= 0.3 is 0 Å². The van der Waals surface area contributed by atoms with Crippen LogP contribution in [0.3, 0.4) is 0 Å². The number of fused-ring (bicyclic) bond motifs is 1. The summed E-state index contributed by atoms with van der Waals surface area (Å²) in [5.41, 5.74) is 3.72. The van der Waals surface area contributed by atoms with Gasteiger partial charge in [0.1, 0.15) is 5.75 Å². The van der Waals surface area contributed by atoms with Crippen molar-refractivity contribution in [2.45, 2.75) is 13.3 Å². The summed E-state index contributed by atoms with van der Waals surface area (Å²) in [6, 6.07) is 10.7. The van der Waals surface area contributed by atoms with Crippen LogP contribution in [0.1, 0.15) is 18.2 Å². The molecule has 122 valence electrons. The molecule has 0 spiro atoms. The number of hydrogen-bond acceptors (Lipinski definition) is 5. The number of aromatic nitrogens is 2. The molecule has 0 saturated carbocycles. The van der Waals surface area contributed by atoms with Crippen LogP contribution in [0.5, 0.6) is 5.75 Å². The summed E-state index contributed by atoms with van der Waals surface area (Å²) in [6.07, 6.45) is 2.16. The van der Waals surface area contributed by atoms with Crippen molar-refractivity contribution in [1.29, 1.82) is 0 Å². The normalized spacial score (nSPS) is 11.2. The number of hydrogen-bond donors (Lipinski definition) is 3. The molecule has 0 radical (unpaired) electrons. The van der Waals surface area contributed by atoms with E-state index in [1.807, 2.05) is 31.2 Å². The summed E-state index contributed by atoms with van der Waals surface area (Å²) < 4.78 is 0.958. The lowest BCUT2D eigenvalue weighted by Crippen LogP contribution is -2.11. The molecular weight excluding hydrogens is 372 g/mol. The van der Waals surface area contributed by atoms with Gasteiger partial charge in [-0.1, -0.05) is 35.0 Å². The zero-order valence-electron chi connectivity index (χ0n) is 12.9. The van der Waals surface area contributed by atoms with E-state index >= 15 is 0 Å². The van der Waals surface area contributed by atoms with Crippen molar-refractivity contribution >= 4 is 38.9 Å². The molecule has 7 heteroatoms. The van der Waals surface area contributed by atoms with E-state index in [1.54, 1.807) is 6.07 Å². The summed E-state index contributed by atoms with van der Waals surface area (Å²) in [6.45, 7) is 1.92. The fourth-order valence-corrected chi connectivity index (χ4v) is 2.73. The first kappa shape index (κ1) is 16.2. The van der Waals surface area contributed by atoms with Crippen molar-refractivity contribution in [2.24, 2.45) is 5.10 Å². The topological polar surface area (TPSA) is 90.4 Å². The molecule has 0 saturated heterocycles. The van der Waals surface area contributed by atoms with Crippen LogP contribution in [-0.4, -0.2) is 21.3 Å². The Hall–Kier alpha value is -2.67. The van der Waals surface area contributed by atoms with Gasteiger partial charge in [0.15, 0.2) is 0 Å². The highest BCUT2D eigenvalue weighted by molar-refractivity contribution is 9.10. The fraction of sp³-hybridized carbons (Fsp3) is 0.118. The van der Waals surface area contributed by atoms with Crippen molar-refractivity contribution < 1.29 is 5.11 Å². The second-order valence-electron chi connectivity index (χ2n) is 5.17. The van der Waals surface area contributed by atoms with Crippen molar-refractivity contribution in [3.63, 3.8) is 0 Å². The summed E-state index contributed by atoms with van der Waals surface area (Å²) in [7, 11) is 0. The smallest absolute Gasteiger partial charge is 0.252 e. The number of anilines is 1. The number of phenols is 1. The lowest BCUT2D eigenvalue weighted by Gasteiger charge is -2.06. The van der Waals surface area contributed by atoms with E-state index in [0.29, 0.717) is 17.7 Å². The van der Waals surface area contributed by atoms with Crippen molar-refractivity contribution in [3.05, 3.63) is 62.5 Å². The summed E-state index contributed by atoms with van der Waals surface area (Å²) in [4.78, 5) is 18.3. The minimum Gasteiger partial charge on any atom is -0.507 e. The first-order valence-electron chi connectivity index (χ1n) is 7.37. The van der Waals surface area contributed by atoms with Crippen LogP contribution in [-0.2, 0) is 6.42 Å². The van der Waals surface area contributed by atoms with E-state index in [2.05, 4.69) is 36.4 Å². The fourth-order valence-electron chi connectivity index (χ4n) is 2.35. The summed E-state index contributed by atoms with van der Waals surface area (Å²) in [5.74, 6) is 0.386. The van der Waals surface area contributed by atoms with Gasteiger partial charge in [-0.05, 0) is 35.4 Å². The Labute approximate surface area is 146 Å². The van der Waals surface area contributed by atoms with E-state index in [1.165, 1.54) is 12.3 Å². The molecule has 0 amide bonds. The van der Waals surface area contributed by atoms with Gasteiger partial charge in [0.25, 0.3) is 5.56 Å². The van der Waals surface area contributed by atoms with E-state index in [4.69, 9.17) is 0 Å². The first-order chi connectivity index (χ1) is 11.6. The zero-order valence-corrected chi connectivity index (χ0v) is 14.5. The second kappa shape index (κ2) is 6.84. The lowest BCUT2D eigenvalue weighted by atomic mass is 10.0. The Morgan fingerprint density at radius 3 is 2.96 bits per heavy atom. The highest BCUT2D eigenvalue weighted by atomic mass is 79.9. The number of rotatable bonds is 4. The van der Waals surface area contributed by atoms with Crippen molar-refractivity contribution in [3.8, 4) is 5.75 Å². The number of aromatic amines is 1. The third-order valence-electron chi connectivity index (χ3n) is 3.52. The van der Waals surface area contributed by atoms with Gasteiger partial charge in [0.2, 0.25) is 5.95 Å². The number of phenolic OH excluding ortho intramolecular Hbond substituents is 1. The molecular formula is C17H15BrN4O2. The average Bonchev–Trinajstić information content (AvgIpc) is 2.56. The molecule has 0 aliphatic heterocycles. The number of benzene rings is 2. The molecule has 0 bridgehead atoms. The van der Waals surface area contributed by atoms with Gasteiger partial charge < -0.3 is 5.11 Å². The molecule has 6 nitrogen and oxygen atoms in total. The molecule has 0 atom stereocenters. The van der Waals surface area contributed by atoms with Crippen LogP contribution in [0, 0.1) is 0 Å². The van der Waals surface area contributed by atoms with E-state index in [9.17, 15) is 9.90 Å². The maximum Gasteiger partial charge on any atom is 0.252 e. The van der Waals surface area contributed by atoms with E-state index in [-0.39, 0.29) is 17.3 Å². The summed E-state index contributed by atoms with van der Waals surface area (Å²) in [5, 5.41) is 16.0. The molecule has 3 aromatic rings. The Morgan fingerprint density at radius 2 is 2.17 bits per heavy atom. The minimum absolute atomic E-state index is 0.124. The van der Waals surface area contributed by atoms with Gasteiger partial charge in [-0.25, -0.2) is 10.4 Å². The Kier molecular flexibility index (Phi) is 4.61. The predicted molar refractivity (Wildman–Crippen MR) is 98.8 cm³/mol. The number of halogens is 1. The van der Waals surface area contributed by atoms with Crippen LogP contribution in [0.15, 0.2) is 50.8 Å². The zero-order chi connectivity index (χ0) is 17.1. The van der Waals surface area contributed by atoms with Crippen molar-refractivity contribution in [2.75, 3.05) is 5.43 Å². The number of aryl methyl sites for hydroxylation is 1. The largest absolute Gasteiger partial charge is 0.507 e. The maximum absolute atomic E-state index is 11.5. The third kappa shape index (κ3) is 3.46. The van der Waals surface area contributed by atoms with Crippen LogP contribution < -0.4 is 11.0 Å². The maximum atomic E-state index is 11.5. The predicted octanol–water partition coefficient (Wildman–Crippen LogP) is 3.40. The van der Waals surface area contributed by atoms with Crippen molar-refractivity contribution in [1.82, 2.24) is 9.97 Å². The number of aromatic hydroxyl groups is 1. The van der Waals surface area contributed by atoms with Crippen LogP contribution >= 0.6 is 15.9 Å². The molecule has 2 aromatic carbocycles. The third-order valence-corrected chi connectivity index (χ3v) is 4.01. The Balaban J connectivity index is 1.92. The van der Waals surface area contributed by atoms with Gasteiger partial charge in [-0.15, -0.1) is 0 Å². The first-order valence-corrected chi connectivity index (χ1v) is 8.16. The van der Waals surface area contributed by atoms with E-state index < -0.39 is 0 Å². The average molecular weight is 387 g/mol. The number of H-pyrrole nitrogens is 1. The Morgan fingerprint density at radius 1 is 1.33 bits per heavy atom. The number of nitrogens with one attached hydrogen (secondary N) is 2. The van der Waals surface area contributed by atoms with Crippen LogP contribution in [0.2, 0.25) is 0 Å². The van der Waals surface area contributed by atoms with Gasteiger partial charge in [-0.2, -0.15) is 5.10 Å². The molecule has 3 rings (SSSR count). The number of nitrogens with zero attached hydrogens (tertiary/aromatic N) is 2. The molecule has 3 N–H and O–H groups in total. The molecule has 0 unspecified atom stereocenters. The van der Waals surface area contributed by atoms with Crippen LogP contribution in [0.4, 0.5) is 5.95 Å². The van der Waals surface area contributed by atoms with Gasteiger partial charge in [-0.3, -0.25) is 9.78 Å². The molecule has 0 aliphatic carbocycles. The van der Waals surface area contributed by atoms with Crippen LogP contribution in [0.25, 0.3) is 10.8 Å².